The lowest BCUT2D eigenvalue weighted by Crippen LogP contribution is -2.46. The molecule has 0 aromatic carbocycles. The molecule has 4 heteroatoms. The van der Waals surface area contributed by atoms with Crippen molar-refractivity contribution in [3.05, 3.63) is 18.0 Å². The van der Waals surface area contributed by atoms with E-state index in [4.69, 9.17) is 0 Å². The molecule has 1 aromatic rings. The maximum atomic E-state index is 9.44. The van der Waals surface area contributed by atoms with E-state index in [1.165, 1.54) is 18.4 Å². The predicted molar refractivity (Wildman–Crippen MR) is 63.2 cm³/mol. The van der Waals surface area contributed by atoms with Gasteiger partial charge in [0, 0.05) is 18.8 Å². The molecule has 2 N–H and O–H groups in total. The van der Waals surface area contributed by atoms with E-state index in [1.54, 1.807) is 0 Å². The molecule has 1 saturated carbocycles. The minimum atomic E-state index is 0.00219. The number of nitrogens with zero attached hydrogens (tertiary/aromatic N) is 2. The maximum absolute atomic E-state index is 9.44. The van der Waals surface area contributed by atoms with Crippen LogP contribution in [-0.2, 0) is 13.5 Å². The van der Waals surface area contributed by atoms with E-state index >= 15 is 0 Å². The SMILES string of the molecule is Cn1cc(CCNC2(CO)CCCC2)cn1. The van der Waals surface area contributed by atoms with Crippen LogP contribution in [0.25, 0.3) is 0 Å². The lowest BCUT2D eigenvalue weighted by Gasteiger charge is -2.28. The van der Waals surface area contributed by atoms with Crippen molar-refractivity contribution in [3.8, 4) is 0 Å². The molecule has 90 valence electrons. The average Bonchev–Trinajstić information content (AvgIpc) is 2.89. The second-order valence-electron chi connectivity index (χ2n) is 4.84. The second-order valence-corrected chi connectivity index (χ2v) is 4.84. The molecule has 16 heavy (non-hydrogen) atoms. The summed E-state index contributed by atoms with van der Waals surface area (Å²) in [5, 5.41) is 17.1. The Morgan fingerprint density at radius 3 is 2.81 bits per heavy atom. The van der Waals surface area contributed by atoms with Crippen molar-refractivity contribution in [2.24, 2.45) is 7.05 Å². The first kappa shape index (κ1) is 11.6. The molecule has 4 nitrogen and oxygen atoms in total. The van der Waals surface area contributed by atoms with Gasteiger partial charge in [-0.15, -0.1) is 0 Å². The van der Waals surface area contributed by atoms with Gasteiger partial charge >= 0.3 is 0 Å². The molecule has 0 amide bonds. The number of rotatable bonds is 5. The van der Waals surface area contributed by atoms with Crippen LogP contribution in [0.15, 0.2) is 12.4 Å². The van der Waals surface area contributed by atoms with Crippen LogP contribution >= 0.6 is 0 Å². The Bertz CT molecular complexity index is 329. The summed E-state index contributed by atoms with van der Waals surface area (Å²) in [5.41, 5.74) is 1.25. The molecule has 1 fully saturated rings. The number of aliphatic hydroxyl groups excluding tert-OH is 1. The number of aryl methyl sites for hydroxylation is 1. The van der Waals surface area contributed by atoms with E-state index in [-0.39, 0.29) is 12.1 Å². The number of aliphatic hydroxyl groups is 1. The third kappa shape index (κ3) is 2.62. The first-order valence-electron chi connectivity index (χ1n) is 6.07. The van der Waals surface area contributed by atoms with Gasteiger partial charge in [0.25, 0.3) is 0 Å². The zero-order chi connectivity index (χ0) is 11.4. The monoisotopic (exact) mass is 223 g/mol. The minimum Gasteiger partial charge on any atom is -0.394 e. The summed E-state index contributed by atoms with van der Waals surface area (Å²) in [6.45, 7) is 1.19. The van der Waals surface area contributed by atoms with Gasteiger partial charge in [-0.1, -0.05) is 12.8 Å². The molecule has 2 rings (SSSR count). The Kier molecular flexibility index (Phi) is 3.61. The van der Waals surface area contributed by atoms with Crippen molar-refractivity contribution < 1.29 is 5.11 Å². The predicted octanol–water partition coefficient (Wildman–Crippen LogP) is 0.857. The average molecular weight is 223 g/mol. The largest absolute Gasteiger partial charge is 0.394 e. The van der Waals surface area contributed by atoms with Crippen molar-refractivity contribution in [1.29, 1.82) is 0 Å². The molecule has 0 radical (unpaired) electrons. The molecule has 0 aliphatic heterocycles. The van der Waals surface area contributed by atoms with E-state index in [2.05, 4.69) is 10.4 Å². The molecule has 0 atom stereocenters. The first-order chi connectivity index (χ1) is 7.74. The molecular formula is C12H21N3O. The fraction of sp³-hybridized carbons (Fsp3) is 0.750. The van der Waals surface area contributed by atoms with Gasteiger partial charge in [0.2, 0.25) is 0 Å². The zero-order valence-corrected chi connectivity index (χ0v) is 9.95. The van der Waals surface area contributed by atoms with Gasteiger partial charge in [-0.25, -0.2) is 0 Å². The van der Waals surface area contributed by atoms with Crippen molar-refractivity contribution in [3.63, 3.8) is 0 Å². The quantitative estimate of drug-likeness (QED) is 0.778. The molecule has 0 spiro atoms. The summed E-state index contributed by atoms with van der Waals surface area (Å²) in [5.74, 6) is 0. The van der Waals surface area contributed by atoms with Crippen LogP contribution in [0.3, 0.4) is 0 Å². The Hall–Kier alpha value is -0.870. The highest BCUT2D eigenvalue weighted by Crippen LogP contribution is 2.28. The van der Waals surface area contributed by atoms with Gasteiger partial charge in [-0.05, 0) is 31.4 Å². The van der Waals surface area contributed by atoms with Crippen molar-refractivity contribution in [1.82, 2.24) is 15.1 Å². The van der Waals surface area contributed by atoms with E-state index < -0.39 is 0 Å². The molecule has 0 saturated heterocycles. The summed E-state index contributed by atoms with van der Waals surface area (Å²) < 4.78 is 1.83. The van der Waals surface area contributed by atoms with Crippen LogP contribution in [0.1, 0.15) is 31.2 Å². The summed E-state index contributed by atoms with van der Waals surface area (Å²) >= 11 is 0. The molecular weight excluding hydrogens is 202 g/mol. The number of aromatic nitrogens is 2. The lowest BCUT2D eigenvalue weighted by atomic mass is 9.99. The Morgan fingerprint density at radius 1 is 1.50 bits per heavy atom. The minimum absolute atomic E-state index is 0.00219. The lowest BCUT2D eigenvalue weighted by molar-refractivity contribution is 0.165. The third-order valence-electron chi connectivity index (χ3n) is 3.54. The molecule has 1 aromatic heterocycles. The van der Waals surface area contributed by atoms with Gasteiger partial charge in [-0.2, -0.15) is 5.10 Å². The second kappa shape index (κ2) is 4.97. The summed E-state index contributed by atoms with van der Waals surface area (Å²) in [6.07, 6.45) is 9.62. The number of hydrogen-bond acceptors (Lipinski definition) is 3. The Labute approximate surface area is 96.7 Å². The van der Waals surface area contributed by atoms with E-state index in [0.29, 0.717) is 0 Å². The normalized spacial score (nSPS) is 19.1. The third-order valence-corrected chi connectivity index (χ3v) is 3.54. The highest BCUT2D eigenvalue weighted by atomic mass is 16.3. The maximum Gasteiger partial charge on any atom is 0.0613 e. The molecule has 0 unspecified atom stereocenters. The van der Waals surface area contributed by atoms with Crippen LogP contribution in [0.5, 0.6) is 0 Å². The van der Waals surface area contributed by atoms with E-state index in [1.807, 2.05) is 24.1 Å². The van der Waals surface area contributed by atoms with Crippen LogP contribution < -0.4 is 5.32 Å². The van der Waals surface area contributed by atoms with Crippen molar-refractivity contribution in [2.45, 2.75) is 37.6 Å². The van der Waals surface area contributed by atoms with Crippen LogP contribution in [-0.4, -0.2) is 33.6 Å². The zero-order valence-electron chi connectivity index (χ0n) is 9.95. The molecule has 1 heterocycles. The highest BCUT2D eigenvalue weighted by Gasteiger charge is 2.32. The fourth-order valence-corrected chi connectivity index (χ4v) is 2.52. The molecule has 1 aliphatic carbocycles. The summed E-state index contributed by atoms with van der Waals surface area (Å²) in [6, 6.07) is 0. The highest BCUT2D eigenvalue weighted by molar-refractivity contribution is 5.04. The Balaban J connectivity index is 1.78. The van der Waals surface area contributed by atoms with Crippen molar-refractivity contribution >= 4 is 0 Å². The van der Waals surface area contributed by atoms with E-state index in [0.717, 1.165) is 25.8 Å². The summed E-state index contributed by atoms with van der Waals surface area (Å²) in [4.78, 5) is 0. The van der Waals surface area contributed by atoms with Gasteiger partial charge in [0.05, 0.1) is 12.8 Å². The molecule has 1 aliphatic rings. The van der Waals surface area contributed by atoms with Gasteiger partial charge < -0.3 is 10.4 Å². The number of nitrogens with one attached hydrogen (secondary N) is 1. The van der Waals surface area contributed by atoms with Crippen LogP contribution in [0, 0.1) is 0 Å². The van der Waals surface area contributed by atoms with Gasteiger partial charge in [0.1, 0.15) is 0 Å². The smallest absolute Gasteiger partial charge is 0.0613 e. The van der Waals surface area contributed by atoms with Gasteiger partial charge in [-0.3, -0.25) is 4.68 Å². The first-order valence-corrected chi connectivity index (χ1v) is 6.07. The van der Waals surface area contributed by atoms with E-state index in [9.17, 15) is 5.11 Å². The fourth-order valence-electron chi connectivity index (χ4n) is 2.52. The van der Waals surface area contributed by atoms with Gasteiger partial charge in [0.15, 0.2) is 0 Å². The Morgan fingerprint density at radius 2 is 2.25 bits per heavy atom. The standard InChI is InChI=1S/C12H21N3O/c1-15-9-11(8-14-15)4-7-13-12(10-16)5-2-3-6-12/h8-9,13,16H,2-7,10H2,1H3. The topological polar surface area (TPSA) is 50.1 Å². The summed E-state index contributed by atoms with van der Waals surface area (Å²) in [7, 11) is 1.93. The number of hydrogen-bond donors (Lipinski definition) is 2. The van der Waals surface area contributed by atoms with Crippen LogP contribution in [0.4, 0.5) is 0 Å². The van der Waals surface area contributed by atoms with Crippen LogP contribution in [0.2, 0.25) is 0 Å². The molecule has 0 bridgehead atoms. The van der Waals surface area contributed by atoms with Crippen molar-refractivity contribution in [2.75, 3.05) is 13.2 Å².